The molecule has 0 aromatic carbocycles. The molecule has 1 atom stereocenters. The van der Waals surface area contributed by atoms with E-state index in [2.05, 4.69) is 32.2 Å². The molecule has 1 saturated carbocycles. The lowest BCUT2D eigenvalue weighted by molar-refractivity contribution is 0.0423. The summed E-state index contributed by atoms with van der Waals surface area (Å²) in [7, 11) is 0. The van der Waals surface area contributed by atoms with Crippen molar-refractivity contribution in [3.63, 3.8) is 0 Å². The second kappa shape index (κ2) is 6.41. The van der Waals surface area contributed by atoms with Gasteiger partial charge in [0.15, 0.2) is 0 Å². The molecule has 94 valence electrons. The summed E-state index contributed by atoms with van der Waals surface area (Å²) in [6.45, 7) is 7.86. The number of allylic oxidation sites excluding steroid dienone is 2. The number of aliphatic hydroxyl groups excluding tert-OH is 1. The van der Waals surface area contributed by atoms with E-state index in [1.54, 1.807) is 0 Å². The molecule has 0 spiro atoms. The van der Waals surface area contributed by atoms with Gasteiger partial charge in [-0.3, -0.25) is 0 Å². The molecule has 0 radical (unpaired) electrons. The standard InChI is InChI=1S/C14H27NO/c1-12(2)6-4-7-13(3)15-10-14(11-16)8-5-9-14/h6,13,15-16H,4-5,7-11H2,1-3H3. The van der Waals surface area contributed by atoms with Crippen LogP contribution in [0.2, 0.25) is 0 Å². The van der Waals surface area contributed by atoms with Crippen LogP contribution in [0.25, 0.3) is 0 Å². The Kier molecular flexibility index (Phi) is 5.50. The van der Waals surface area contributed by atoms with Crippen molar-refractivity contribution in [3.05, 3.63) is 11.6 Å². The molecular formula is C14H27NO. The average Bonchev–Trinajstić information content (AvgIpc) is 2.16. The fourth-order valence-electron chi connectivity index (χ4n) is 2.18. The Morgan fingerprint density at radius 1 is 1.44 bits per heavy atom. The zero-order valence-corrected chi connectivity index (χ0v) is 11.1. The highest BCUT2D eigenvalue weighted by molar-refractivity contribution is 4.93. The summed E-state index contributed by atoms with van der Waals surface area (Å²) in [5.41, 5.74) is 1.61. The SMILES string of the molecule is CC(C)=CCCC(C)NCC1(CO)CCC1. The first-order valence-corrected chi connectivity index (χ1v) is 6.56. The Morgan fingerprint density at radius 2 is 2.12 bits per heavy atom. The molecule has 2 nitrogen and oxygen atoms in total. The zero-order chi connectivity index (χ0) is 12.0. The van der Waals surface area contributed by atoms with Gasteiger partial charge in [-0.1, -0.05) is 18.1 Å². The Bertz CT molecular complexity index is 221. The molecule has 16 heavy (non-hydrogen) atoms. The third kappa shape index (κ3) is 4.26. The van der Waals surface area contributed by atoms with Crippen LogP contribution < -0.4 is 5.32 Å². The molecule has 0 bridgehead atoms. The molecule has 0 heterocycles. The molecule has 1 aliphatic carbocycles. The van der Waals surface area contributed by atoms with E-state index >= 15 is 0 Å². The average molecular weight is 225 g/mol. The fourth-order valence-corrected chi connectivity index (χ4v) is 2.18. The van der Waals surface area contributed by atoms with Gasteiger partial charge in [-0.2, -0.15) is 0 Å². The summed E-state index contributed by atoms with van der Waals surface area (Å²) in [5, 5.41) is 12.9. The lowest BCUT2D eigenvalue weighted by Gasteiger charge is -2.41. The first-order chi connectivity index (χ1) is 7.58. The van der Waals surface area contributed by atoms with Gasteiger partial charge in [0.1, 0.15) is 0 Å². The summed E-state index contributed by atoms with van der Waals surface area (Å²) in [6.07, 6.45) is 8.31. The van der Waals surface area contributed by atoms with Crippen LogP contribution >= 0.6 is 0 Å². The minimum Gasteiger partial charge on any atom is -0.396 e. The highest BCUT2D eigenvalue weighted by Gasteiger charge is 2.35. The maximum absolute atomic E-state index is 9.35. The predicted octanol–water partition coefficient (Wildman–Crippen LogP) is 2.87. The second-order valence-corrected chi connectivity index (χ2v) is 5.65. The lowest BCUT2D eigenvalue weighted by Crippen LogP contribution is -2.45. The number of hydrogen-bond donors (Lipinski definition) is 2. The third-order valence-electron chi connectivity index (χ3n) is 3.73. The summed E-state index contributed by atoms with van der Waals surface area (Å²) in [4.78, 5) is 0. The first-order valence-electron chi connectivity index (χ1n) is 6.56. The van der Waals surface area contributed by atoms with Crippen LogP contribution in [-0.4, -0.2) is 24.3 Å². The smallest absolute Gasteiger partial charge is 0.0499 e. The van der Waals surface area contributed by atoms with Crippen LogP contribution in [0.15, 0.2) is 11.6 Å². The Balaban J connectivity index is 2.14. The second-order valence-electron chi connectivity index (χ2n) is 5.65. The molecule has 0 amide bonds. The van der Waals surface area contributed by atoms with Crippen molar-refractivity contribution in [1.82, 2.24) is 5.32 Å². The highest BCUT2D eigenvalue weighted by Crippen LogP contribution is 2.39. The van der Waals surface area contributed by atoms with Crippen molar-refractivity contribution < 1.29 is 5.11 Å². The maximum atomic E-state index is 9.35. The van der Waals surface area contributed by atoms with E-state index < -0.39 is 0 Å². The van der Waals surface area contributed by atoms with Crippen LogP contribution in [0, 0.1) is 5.41 Å². The molecule has 1 aliphatic rings. The van der Waals surface area contributed by atoms with Crippen molar-refractivity contribution in [3.8, 4) is 0 Å². The van der Waals surface area contributed by atoms with Gasteiger partial charge in [0.2, 0.25) is 0 Å². The number of hydrogen-bond acceptors (Lipinski definition) is 2. The third-order valence-corrected chi connectivity index (χ3v) is 3.73. The van der Waals surface area contributed by atoms with Gasteiger partial charge in [-0.15, -0.1) is 0 Å². The molecule has 1 unspecified atom stereocenters. The molecule has 0 aromatic heterocycles. The zero-order valence-electron chi connectivity index (χ0n) is 11.1. The Morgan fingerprint density at radius 3 is 2.56 bits per heavy atom. The summed E-state index contributed by atoms with van der Waals surface area (Å²) in [6, 6.07) is 0.555. The van der Waals surface area contributed by atoms with Crippen molar-refractivity contribution in [2.75, 3.05) is 13.2 Å². The topological polar surface area (TPSA) is 32.3 Å². The molecule has 0 saturated heterocycles. The molecule has 1 rings (SSSR count). The van der Waals surface area contributed by atoms with Crippen LogP contribution in [0.4, 0.5) is 0 Å². The van der Waals surface area contributed by atoms with Gasteiger partial charge < -0.3 is 10.4 Å². The van der Waals surface area contributed by atoms with E-state index in [-0.39, 0.29) is 5.41 Å². The Labute approximate surface area is 100 Å². The fraction of sp³-hybridized carbons (Fsp3) is 0.857. The molecule has 2 N–H and O–H groups in total. The number of rotatable bonds is 7. The van der Waals surface area contributed by atoms with Gasteiger partial charge in [-0.25, -0.2) is 0 Å². The molecule has 0 aromatic rings. The molecule has 0 aliphatic heterocycles. The van der Waals surface area contributed by atoms with E-state index in [0.717, 1.165) is 13.0 Å². The quantitative estimate of drug-likeness (QED) is 0.653. The van der Waals surface area contributed by atoms with Gasteiger partial charge in [0, 0.05) is 24.6 Å². The number of aliphatic hydroxyl groups is 1. The molecule has 2 heteroatoms. The molecule has 1 fully saturated rings. The minimum absolute atomic E-state index is 0.213. The highest BCUT2D eigenvalue weighted by atomic mass is 16.3. The van der Waals surface area contributed by atoms with E-state index in [1.807, 2.05) is 0 Å². The predicted molar refractivity (Wildman–Crippen MR) is 69.5 cm³/mol. The van der Waals surface area contributed by atoms with Gasteiger partial charge >= 0.3 is 0 Å². The molecular weight excluding hydrogens is 198 g/mol. The monoisotopic (exact) mass is 225 g/mol. The minimum atomic E-state index is 0.213. The van der Waals surface area contributed by atoms with Crippen molar-refractivity contribution >= 4 is 0 Å². The van der Waals surface area contributed by atoms with Gasteiger partial charge in [-0.05, 0) is 46.5 Å². The van der Waals surface area contributed by atoms with E-state index in [1.165, 1.54) is 31.3 Å². The van der Waals surface area contributed by atoms with Crippen LogP contribution in [-0.2, 0) is 0 Å². The van der Waals surface area contributed by atoms with E-state index in [9.17, 15) is 5.11 Å². The van der Waals surface area contributed by atoms with Gasteiger partial charge in [0.05, 0.1) is 0 Å². The maximum Gasteiger partial charge on any atom is 0.0499 e. The Hall–Kier alpha value is -0.340. The van der Waals surface area contributed by atoms with Crippen LogP contribution in [0.5, 0.6) is 0 Å². The van der Waals surface area contributed by atoms with Crippen molar-refractivity contribution in [2.45, 2.75) is 58.9 Å². The van der Waals surface area contributed by atoms with E-state index in [0.29, 0.717) is 12.6 Å². The summed E-state index contributed by atoms with van der Waals surface area (Å²) in [5.74, 6) is 0. The summed E-state index contributed by atoms with van der Waals surface area (Å²) >= 11 is 0. The van der Waals surface area contributed by atoms with Crippen LogP contribution in [0.1, 0.15) is 52.9 Å². The van der Waals surface area contributed by atoms with Gasteiger partial charge in [0.25, 0.3) is 0 Å². The van der Waals surface area contributed by atoms with Crippen molar-refractivity contribution in [1.29, 1.82) is 0 Å². The number of nitrogens with one attached hydrogen (secondary N) is 1. The van der Waals surface area contributed by atoms with E-state index in [4.69, 9.17) is 0 Å². The summed E-state index contributed by atoms with van der Waals surface area (Å²) < 4.78 is 0. The largest absolute Gasteiger partial charge is 0.396 e. The first kappa shape index (κ1) is 13.7. The normalized spacial score (nSPS) is 20.0. The lowest BCUT2D eigenvalue weighted by atomic mass is 9.69. The van der Waals surface area contributed by atoms with Crippen molar-refractivity contribution in [2.24, 2.45) is 5.41 Å². The van der Waals surface area contributed by atoms with Crippen LogP contribution in [0.3, 0.4) is 0 Å².